The lowest BCUT2D eigenvalue weighted by molar-refractivity contribution is 1.46. The predicted octanol–water partition coefficient (Wildman–Crippen LogP) is 12.6. The van der Waals surface area contributed by atoms with Gasteiger partial charge >= 0.3 is 0 Å². The van der Waals surface area contributed by atoms with Crippen molar-refractivity contribution in [3.8, 4) is 33.4 Å². The molecule has 8 rings (SSSR count). The highest BCUT2D eigenvalue weighted by atomic mass is 14.2. The quantitative estimate of drug-likeness (QED) is 0.142. The van der Waals surface area contributed by atoms with Crippen molar-refractivity contribution in [1.82, 2.24) is 0 Å². The monoisotopic (exact) mass is 572 g/mol. The summed E-state index contributed by atoms with van der Waals surface area (Å²) >= 11 is 0. The van der Waals surface area contributed by atoms with Crippen molar-refractivity contribution >= 4 is 44.5 Å². The molecule has 8 aromatic carbocycles. The van der Waals surface area contributed by atoms with Gasteiger partial charge in [-0.25, -0.2) is 0 Å². The Morgan fingerprint density at radius 3 is 1.40 bits per heavy atom. The molecule has 0 fully saturated rings. The predicted molar refractivity (Wildman–Crippen MR) is 195 cm³/mol. The van der Waals surface area contributed by atoms with E-state index in [1.54, 1.807) is 0 Å². The maximum absolute atomic E-state index is 2.28. The molecule has 0 heteroatoms. The van der Waals surface area contributed by atoms with Gasteiger partial charge in [0.05, 0.1) is 0 Å². The summed E-state index contributed by atoms with van der Waals surface area (Å²) in [7, 11) is 0. The van der Waals surface area contributed by atoms with E-state index in [0.29, 0.717) is 0 Å². The Hall–Kier alpha value is -5.72. The molecule has 0 heterocycles. The molecule has 0 saturated carbocycles. The van der Waals surface area contributed by atoms with Gasteiger partial charge in [-0.2, -0.15) is 0 Å². The third kappa shape index (κ3) is 5.01. The number of aryl methyl sites for hydroxylation is 1. The van der Waals surface area contributed by atoms with Crippen molar-refractivity contribution in [2.45, 2.75) is 6.92 Å². The first-order chi connectivity index (χ1) is 22.2. The summed E-state index contributed by atoms with van der Waals surface area (Å²) in [6.45, 7) is 2.18. The first-order valence-corrected chi connectivity index (χ1v) is 15.6. The molecule has 8 aromatic rings. The fourth-order valence-electron chi connectivity index (χ4n) is 6.73. The van der Waals surface area contributed by atoms with Crippen molar-refractivity contribution in [2.24, 2.45) is 0 Å². The van der Waals surface area contributed by atoms with Crippen LogP contribution in [0.3, 0.4) is 0 Å². The van der Waals surface area contributed by atoms with Crippen LogP contribution in [0.2, 0.25) is 0 Å². The van der Waals surface area contributed by atoms with Gasteiger partial charge in [-0.1, -0.05) is 170 Å². The Labute approximate surface area is 264 Å². The number of rotatable bonds is 5. The van der Waals surface area contributed by atoms with Gasteiger partial charge in [0, 0.05) is 0 Å². The fourth-order valence-corrected chi connectivity index (χ4v) is 6.73. The molecule has 0 spiro atoms. The zero-order valence-corrected chi connectivity index (χ0v) is 25.2. The molecule has 0 unspecified atom stereocenters. The molecular weight excluding hydrogens is 540 g/mol. The highest BCUT2D eigenvalue weighted by Crippen LogP contribution is 2.44. The van der Waals surface area contributed by atoms with Crippen LogP contribution >= 0.6 is 0 Å². The van der Waals surface area contributed by atoms with Crippen molar-refractivity contribution in [2.75, 3.05) is 0 Å². The van der Waals surface area contributed by atoms with Crippen LogP contribution in [0.4, 0.5) is 0 Å². The Morgan fingerprint density at radius 1 is 0.356 bits per heavy atom. The summed E-state index contributed by atoms with van der Waals surface area (Å²) in [5.41, 5.74) is 11.3. The summed E-state index contributed by atoms with van der Waals surface area (Å²) in [5, 5.41) is 7.62. The van der Waals surface area contributed by atoms with E-state index in [0.717, 1.165) is 0 Å². The third-order valence-electron chi connectivity index (χ3n) is 9.00. The normalized spacial score (nSPS) is 11.6. The van der Waals surface area contributed by atoms with Gasteiger partial charge in [-0.3, -0.25) is 0 Å². The second kappa shape index (κ2) is 11.4. The van der Waals surface area contributed by atoms with E-state index in [9.17, 15) is 0 Å². The average Bonchev–Trinajstić information content (AvgIpc) is 3.10. The van der Waals surface area contributed by atoms with E-state index in [2.05, 4.69) is 183 Å². The van der Waals surface area contributed by atoms with E-state index in [4.69, 9.17) is 0 Å². The number of hydrogen-bond donors (Lipinski definition) is 0. The number of hydrogen-bond acceptors (Lipinski definition) is 0. The number of benzene rings is 8. The van der Waals surface area contributed by atoms with Crippen LogP contribution < -0.4 is 0 Å². The fraction of sp³-hybridized carbons (Fsp3) is 0.0222. The molecule has 0 aliphatic heterocycles. The highest BCUT2D eigenvalue weighted by Gasteiger charge is 2.16. The van der Waals surface area contributed by atoms with Crippen LogP contribution in [0.5, 0.6) is 0 Å². The minimum Gasteiger partial charge on any atom is -0.0620 e. The minimum absolute atomic E-state index is 1.19. The van der Waals surface area contributed by atoms with Gasteiger partial charge in [0.25, 0.3) is 0 Å². The molecule has 0 aliphatic carbocycles. The topological polar surface area (TPSA) is 0 Å². The van der Waals surface area contributed by atoms with Crippen molar-refractivity contribution in [1.29, 1.82) is 0 Å². The zero-order chi connectivity index (χ0) is 30.2. The van der Waals surface area contributed by atoms with Crippen LogP contribution in [-0.2, 0) is 0 Å². The van der Waals surface area contributed by atoms with E-state index in [1.807, 2.05) is 0 Å². The zero-order valence-electron chi connectivity index (χ0n) is 25.2. The van der Waals surface area contributed by atoms with Crippen LogP contribution in [0.15, 0.2) is 164 Å². The molecule has 0 bridgehead atoms. The Morgan fingerprint density at radius 2 is 0.800 bits per heavy atom. The Kier molecular flexibility index (Phi) is 6.81. The van der Waals surface area contributed by atoms with Gasteiger partial charge in [-0.15, -0.1) is 0 Å². The van der Waals surface area contributed by atoms with E-state index >= 15 is 0 Å². The van der Waals surface area contributed by atoms with E-state index in [1.165, 1.54) is 82.4 Å². The molecular formula is C45H32. The highest BCUT2D eigenvalue weighted by molar-refractivity contribution is 6.21. The van der Waals surface area contributed by atoms with Crippen LogP contribution in [-0.4, -0.2) is 0 Å². The molecule has 0 atom stereocenters. The molecule has 0 aliphatic rings. The van der Waals surface area contributed by atoms with Gasteiger partial charge < -0.3 is 0 Å². The second-order valence-electron chi connectivity index (χ2n) is 11.8. The molecule has 212 valence electrons. The summed E-state index contributed by atoms with van der Waals surface area (Å²) < 4.78 is 0. The standard InChI is InChI=1S/C45H32/c1-31-10-2-5-13-39(31)35-26-28-37(29-27-35)45-42-16-8-6-14-40(42)44(41-15-7-9-17-43(41)45)36-24-20-32(21-25-36)18-19-33-22-23-34-11-3-4-12-38(34)30-33/h2-30H,1H3/b19-18+. The van der Waals surface area contributed by atoms with Gasteiger partial charge in [0.1, 0.15) is 0 Å². The van der Waals surface area contributed by atoms with Crippen LogP contribution in [0.25, 0.3) is 77.9 Å². The first kappa shape index (κ1) is 26.9. The largest absolute Gasteiger partial charge is 0.0620 e. The SMILES string of the molecule is Cc1ccccc1-c1ccc(-c2c3ccccc3c(-c3ccc(/C=C/c4ccc5ccccc5c4)cc3)c3ccccc23)cc1. The van der Waals surface area contributed by atoms with Crippen molar-refractivity contribution in [3.05, 3.63) is 180 Å². The Bertz CT molecular complexity index is 2300. The Balaban J connectivity index is 1.20. The maximum atomic E-state index is 2.28. The molecule has 0 saturated heterocycles. The molecule has 0 N–H and O–H groups in total. The summed E-state index contributed by atoms with van der Waals surface area (Å²) in [4.78, 5) is 0. The smallest absolute Gasteiger partial charge is 0.00264 e. The maximum Gasteiger partial charge on any atom is -0.00264 e. The molecule has 0 radical (unpaired) electrons. The van der Waals surface area contributed by atoms with Crippen molar-refractivity contribution < 1.29 is 0 Å². The van der Waals surface area contributed by atoms with Crippen LogP contribution in [0, 0.1) is 6.92 Å². The summed E-state index contributed by atoms with van der Waals surface area (Å²) in [6, 6.07) is 59.5. The van der Waals surface area contributed by atoms with Gasteiger partial charge in [0.2, 0.25) is 0 Å². The molecule has 0 nitrogen and oxygen atoms in total. The molecule has 0 aromatic heterocycles. The van der Waals surface area contributed by atoms with Gasteiger partial charge in [-0.05, 0) is 95.4 Å². The first-order valence-electron chi connectivity index (χ1n) is 15.6. The lowest BCUT2D eigenvalue weighted by atomic mass is 9.85. The summed E-state index contributed by atoms with van der Waals surface area (Å²) in [5.74, 6) is 0. The third-order valence-corrected chi connectivity index (χ3v) is 9.00. The molecule has 45 heavy (non-hydrogen) atoms. The van der Waals surface area contributed by atoms with Gasteiger partial charge in [0.15, 0.2) is 0 Å². The molecule has 0 amide bonds. The average molecular weight is 573 g/mol. The lowest BCUT2D eigenvalue weighted by Gasteiger charge is -2.18. The van der Waals surface area contributed by atoms with Crippen LogP contribution in [0.1, 0.15) is 16.7 Å². The number of fused-ring (bicyclic) bond motifs is 3. The lowest BCUT2D eigenvalue weighted by Crippen LogP contribution is -1.91. The van der Waals surface area contributed by atoms with E-state index < -0.39 is 0 Å². The van der Waals surface area contributed by atoms with E-state index in [-0.39, 0.29) is 0 Å². The van der Waals surface area contributed by atoms with Crippen molar-refractivity contribution in [3.63, 3.8) is 0 Å². The minimum atomic E-state index is 1.19. The second-order valence-corrected chi connectivity index (χ2v) is 11.8. The summed E-state index contributed by atoms with van der Waals surface area (Å²) in [6.07, 6.45) is 4.40.